The number of carbonyl (C=O) groups excluding carboxylic acids is 4. The molecule has 0 aromatic heterocycles. The van der Waals surface area contributed by atoms with Crippen LogP contribution in [0.15, 0.2) is 24.3 Å². The van der Waals surface area contributed by atoms with E-state index in [0.29, 0.717) is 43.5 Å². The molecule has 2 aliphatic rings. The van der Waals surface area contributed by atoms with Gasteiger partial charge in [0.25, 0.3) is 11.8 Å². The zero-order valence-corrected chi connectivity index (χ0v) is 15.6. The van der Waals surface area contributed by atoms with Gasteiger partial charge < -0.3 is 10.2 Å². The topological polar surface area (TPSA) is 86.8 Å². The molecule has 7 nitrogen and oxygen atoms in total. The summed E-state index contributed by atoms with van der Waals surface area (Å²) in [6.07, 6.45) is 3.84. The number of amides is 4. The Morgan fingerprint density at radius 1 is 1.07 bits per heavy atom. The number of hydrogen-bond acceptors (Lipinski definition) is 4. The molecule has 0 atom stereocenters. The number of carbonyl (C=O) groups is 4. The normalized spacial score (nSPS) is 17.2. The molecule has 0 aliphatic carbocycles. The number of fused-ring (bicyclic) bond motifs is 1. The highest BCUT2D eigenvalue weighted by Crippen LogP contribution is 2.22. The van der Waals surface area contributed by atoms with Crippen LogP contribution < -0.4 is 5.32 Å². The highest BCUT2D eigenvalue weighted by molar-refractivity contribution is 6.22. The summed E-state index contributed by atoms with van der Waals surface area (Å²) in [5.74, 6) is -1.03. The summed E-state index contributed by atoms with van der Waals surface area (Å²) in [7, 11) is 0. The van der Waals surface area contributed by atoms with Gasteiger partial charge in [-0.05, 0) is 31.4 Å². The predicted octanol–water partition coefficient (Wildman–Crippen LogP) is 1.58. The summed E-state index contributed by atoms with van der Waals surface area (Å²) < 4.78 is 0. The molecule has 1 fully saturated rings. The van der Waals surface area contributed by atoms with Crippen molar-refractivity contribution >= 4 is 23.6 Å². The number of unbranched alkanes of at least 4 members (excludes halogenated alkanes) is 1. The largest absolute Gasteiger partial charge is 0.352 e. The molecule has 0 unspecified atom stereocenters. The number of nitrogens with one attached hydrogen (secondary N) is 1. The molecule has 144 valence electrons. The van der Waals surface area contributed by atoms with Gasteiger partial charge in [0, 0.05) is 25.6 Å². The minimum absolute atomic E-state index is 0.0390. The molecule has 0 bridgehead atoms. The van der Waals surface area contributed by atoms with Crippen LogP contribution >= 0.6 is 0 Å². The molecule has 1 N–H and O–H groups in total. The van der Waals surface area contributed by atoms with E-state index in [1.807, 2.05) is 4.90 Å². The van der Waals surface area contributed by atoms with Crippen molar-refractivity contribution in [3.05, 3.63) is 35.4 Å². The van der Waals surface area contributed by atoms with Crippen LogP contribution in [-0.4, -0.2) is 59.1 Å². The molecule has 7 heteroatoms. The Hall–Kier alpha value is -2.70. The lowest BCUT2D eigenvalue weighted by Gasteiger charge is -2.32. The Bertz CT molecular complexity index is 718. The molecule has 2 heterocycles. The third-order valence-electron chi connectivity index (χ3n) is 5.14. The molecular formula is C20H25N3O4. The number of likely N-dealkylation sites (tertiary alicyclic amines) is 1. The van der Waals surface area contributed by atoms with Gasteiger partial charge in [0.2, 0.25) is 11.8 Å². The van der Waals surface area contributed by atoms with Crippen LogP contribution in [0.2, 0.25) is 0 Å². The molecule has 3 rings (SSSR count). The SMILES string of the molecule is CCCCC(=O)N1CCC(NC(=O)CN2C(=O)c3ccccc3C2=O)CC1. The van der Waals surface area contributed by atoms with Gasteiger partial charge in [-0.1, -0.05) is 25.5 Å². The standard InChI is InChI=1S/C20H25N3O4/c1-2-3-8-18(25)22-11-9-14(10-12-22)21-17(24)13-23-19(26)15-6-4-5-7-16(15)20(23)27/h4-7,14H,2-3,8-13H2,1H3,(H,21,24). The third kappa shape index (κ3) is 4.18. The maximum Gasteiger partial charge on any atom is 0.262 e. The Kier molecular flexibility index (Phi) is 5.88. The van der Waals surface area contributed by atoms with E-state index in [2.05, 4.69) is 12.2 Å². The zero-order chi connectivity index (χ0) is 19.4. The van der Waals surface area contributed by atoms with Crippen molar-refractivity contribution in [1.29, 1.82) is 0 Å². The fourth-order valence-corrected chi connectivity index (χ4v) is 3.56. The number of benzene rings is 1. The van der Waals surface area contributed by atoms with Crippen LogP contribution in [0.1, 0.15) is 59.7 Å². The fraction of sp³-hybridized carbons (Fsp3) is 0.500. The molecular weight excluding hydrogens is 346 g/mol. The van der Waals surface area contributed by atoms with E-state index in [9.17, 15) is 19.2 Å². The summed E-state index contributed by atoms with van der Waals surface area (Å²) in [6, 6.07) is 6.55. The van der Waals surface area contributed by atoms with Crippen molar-refractivity contribution < 1.29 is 19.2 Å². The maximum atomic E-state index is 12.3. The number of piperidine rings is 1. The molecule has 0 saturated carbocycles. The van der Waals surface area contributed by atoms with Gasteiger partial charge in [-0.15, -0.1) is 0 Å². The van der Waals surface area contributed by atoms with Gasteiger partial charge in [-0.3, -0.25) is 24.1 Å². The lowest BCUT2D eigenvalue weighted by Crippen LogP contribution is -2.49. The van der Waals surface area contributed by atoms with Crippen LogP contribution in [0, 0.1) is 0 Å². The van der Waals surface area contributed by atoms with Crippen LogP contribution in [0.3, 0.4) is 0 Å². The van der Waals surface area contributed by atoms with Crippen LogP contribution in [0.5, 0.6) is 0 Å². The first-order valence-corrected chi connectivity index (χ1v) is 9.53. The Morgan fingerprint density at radius 2 is 1.67 bits per heavy atom. The number of imide groups is 1. The van der Waals surface area contributed by atoms with Gasteiger partial charge >= 0.3 is 0 Å². The van der Waals surface area contributed by atoms with Crippen molar-refractivity contribution in [3.8, 4) is 0 Å². The van der Waals surface area contributed by atoms with Gasteiger partial charge in [-0.25, -0.2) is 0 Å². The fourth-order valence-electron chi connectivity index (χ4n) is 3.56. The summed E-state index contributed by atoms with van der Waals surface area (Å²) >= 11 is 0. The molecule has 1 saturated heterocycles. The molecule has 0 radical (unpaired) electrons. The Labute approximate surface area is 158 Å². The van der Waals surface area contributed by atoms with Crippen LogP contribution in [0.25, 0.3) is 0 Å². The number of nitrogens with zero attached hydrogens (tertiary/aromatic N) is 2. The van der Waals surface area contributed by atoms with Gasteiger partial charge in [0.15, 0.2) is 0 Å². The highest BCUT2D eigenvalue weighted by Gasteiger charge is 2.36. The van der Waals surface area contributed by atoms with E-state index in [1.165, 1.54) is 0 Å². The van der Waals surface area contributed by atoms with Crippen molar-refractivity contribution in [3.63, 3.8) is 0 Å². The van der Waals surface area contributed by atoms with Gasteiger partial charge in [0.05, 0.1) is 11.1 Å². The van der Waals surface area contributed by atoms with E-state index in [-0.39, 0.29) is 24.4 Å². The second-order valence-corrected chi connectivity index (χ2v) is 7.07. The van der Waals surface area contributed by atoms with Crippen LogP contribution in [0.4, 0.5) is 0 Å². The summed E-state index contributed by atoms with van der Waals surface area (Å²) in [5.41, 5.74) is 0.684. The predicted molar refractivity (Wildman–Crippen MR) is 99.1 cm³/mol. The second kappa shape index (κ2) is 8.33. The van der Waals surface area contributed by atoms with E-state index < -0.39 is 11.8 Å². The number of hydrogen-bond donors (Lipinski definition) is 1. The summed E-state index contributed by atoms with van der Waals surface area (Å²) in [6.45, 7) is 3.03. The van der Waals surface area contributed by atoms with Crippen molar-refractivity contribution in [2.24, 2.45) is 0 Å². The van der Waals surface area contributed by atoms with Crippen molar-refractivity contribution in [2.75, 3.05) is 19.6 Å². The minimum atomic E-state index is -0.429. The third-order valence-corrected chi connectivity index (χ3v) is 5.14. The first kappa shape index (κ1) is 19.1. The molecule has 1 aromatic carbocycles. The van der Waals surface area contributed by atoms with E-state index in [0.717, 1.165) is 17.7 Å². The highest BCUT2D eigenvalue weighted by atomic mass is 16.2. The minimum Gasteiger partial charge on any atom is -0.352 e. The quantitative estimate of drug-likeness (QED) is 0.769. The van der Waals surface area contributed by atoms with E-state index >= 15 is 0 Å². The average molecular weight is 371 g/mol. The van der Waals surface area contributed by atoms with E-state index in [1.54, 1.807) is 24.3 Å². The Balaban J connectivity index is 1.48. The number of rotatable bonds is 6. The molecule has 2 aliphatic heterocycles. The maximum absolute atomic E-state index is 12.3. The monoisotopic (exact) mass is 371 g/mol. The van der Waals surface area contributed by atoms with Crippen molar-refractivity contribution in [2.45, 2.75) is 45.1 Å². The molecule has 0 spiro atoms. The van der Waals surface area contributed by atoms with Gasteiger partial charge in [-0.2, -0.15) is 0 Å². The molecule has 1 aromatic rings. The second-order valence-electron chi connectivity index (χ2n) is 7.07. The van der Waals surface area contributed by atoms with E-state index in [4.69, 9.17) is 0 Å². The lowest BCUT2D eigenvalue weighted by atomic mass is 10.0. The van der Waals surface area contributed by atoms with Crippen molar-refractivity contribution in [1.82, 2.24) is 15.1 Å². The van der Waals surface area contributed by atoms with Crippen LogP contribution in [-0.2, 0) is 9.59 Å². The Morgan fingerprint density at radius 3 is 2.22 bits per heavy atom. The summed E-state index contributed by atoms with van der Waals surface area (Å²) in [5, 5.41) is 2.89. The smallest absolute Gasteiger partial charge is 0.262 e. The lowest BCUT2D eigenvalue weighted by molar-refractivity contribution is -0.132. The first-order chi connectivity index (χ1) is 13.0. The average Bonchev–Trinajstić information content (AvgIpc) is 2.92. The summed E-state index contributed by atoms with van der Waals surface area (Å²) in [4.78, 5) is 51.9. The molecule has 27 heavy (non-hydrogen) atoms. The molecule has 4 amide bonds. The van der Waals surface area contributed by atoms with Gasteiger partial charge in [0.1, 0.15) is 6.54 Å². The zero-order valence-electron chi connectivity index (χ0n) is 15.6. The first-order valence-electron chi connectivity index (χ1n) is 9.53.